The molecule has 0 bridgehead atoms. The maximum Gasteiger partial charge on any atom is 0.266 e. The quantitative estimate of drug-likeness (QED) is 0.875. The fourth-order valence-corrected chi connectivity index (χ4v) is 3.04. The molecule has 0 spiro atoms. The van der Waals surface area contributed by atoms with Crippen LogP contribution in [0.25, 0.3) is 0 Å². The molecule has 1 N–H and O–H groups in total. The number of sulfonamides is 1. The lowest BCUT2D eigenvalue weighted by Crippen LogP contribution is -2.15. The van der Waals surface area contributed by atoms with Crippen molar-refractivity contribution in [2.45, 2.75) is 24.3 Å². The van der Waals surface area contributed by atoms with Gasteiger partial charge in [-0.05, 0) is 18.8 Å². The summed E-state index contributed by atoms with van der Waals surface area (Å²) in [5.74, 6) is 0.753. The van der Waals surface area contributed by atoms with Gasteiger partial charge in [-0.15, -0.1) is 0 Å². The van der Waals surface area contributed by atoms with Crippen molar-refractivity contribution in [2.24, 2.45) is 13.0 Å². The van der Waals surface area contributed by atoms with Crippen LogP contribution < -0.4 is 4.72 Å². The second kappa shape index (κ2) is 4.89. The number of nitrogens with one attached hydrogen (secondary N) is 1. The van der Waals surface area contributed by atoms with Gasteiger partial charge in [0, 0.05) is 19.8 Å². The van der Waals surface area contributed by atoms with Crippen LogP contribution in [0.15, 0.2) is 23.5 Å². The van der Waals surface area contributed by atoms with Crippen molar-refractivity contribution in [1.29, 1.82) is 5.26 Å². The molecule has 21 heavy (non-hydrogen) atoms. The molecule has 0 amide bonds. The van der Waals surface area contributed by atoms with Gasteiger partial charge >= 0.3 is 0 Å². The van der Waals surface area contributed by atoms with E-state index >= 15 is 0 Å². The van der Waals surface area contributed by atoms with E-state index in [1.807, 2.05) is 6.07 Å². The summed E-state index contributed by atoms with van der Waals surface area (Å²) in [5, 5.41) is 16.9. The molecule has 8 nitrogen and oxygen atoms in total. The van der Waals surface area contributed by atoms with E-state index in [0.29, 0.717) is 5.92 Å². The third-order valence-corrected chi connectivity index (χ3v) is 4.65. The fourth-order valence-electron chi connectivity index (χ4n) is 1.97. The number of hydrogen-bond donors (Lipinski definition) is 1. The molecule has 0 aromatic carbocycles. The molecule has 3 rings (SSSR count). The summed E-state index contributed by atoms with van der Waals surface area (Å²) in [6.45, 7) is 0.741. The first kappa shape index (κ1) is 13.6. The second-order valence-electron chi connectivity index (χ2n) is 5.09. The number of hydrogen-bond acceptors (Lipinski definition) is 5. The van der Waals surface area contributed by atoms with E-state index in [1.54, 1.807) is 11.7 Å². The van der Waals surface area contributed by atoms with E-state index in [4.69, 9.17) is 5.26 Å². The molecular formula is C12H14N6O2S. The highest BCUT2D eigenvalue weighted by atomic mass is 32.2. The number of nitrogens with zero attached hydrogens (tertiary/aromatic N) is 5. The van der Waals surface area contributed by atoms with Gasteiger partial charge in [-0.3, -0.25) is 14.1 Å². The number of aryl methyl sites for hydroxylation is 1. The Morgan fingerprint density at radius 3 is 2.86 bits per heavy atom. The van der Waals surface area contributed by atoms with Crippen molar-refractivity contribution in [3.8, 4) is 6.07 Å². The lowest BCUT2D eigenvalue weighted by atomic mass is 10.4. The van der Waals surface area contributed by atoms with Crippen LogP contribution >= 0.6 is 0 Å². The van der Waals surface area contributed by atoms with Crippen molar-refractivity contribution < 1.29 is 8.42 Å². The Balaban J connectivity index is 1.84. The number of anilines is 1. The summed E-state index contributed by atoms with van der Waals surface area (Å²) < 4.78 is 30.0. The zero-order valence-corrected chi connectivity index (χ0v) is 12.2. The highest BCUT2D eigenvalue weighted by molar-refractivity contribution is 7.92. The van der Waals surface area contributed by atoms with E-state index in [1.165, 1.54) is 36.1 Å². The molecule has 110 valence electrons. The molecule has 1 fully saturated rings. The molecule has 2 heterocycles. The van der Waals surface area contributed by atoms with Crippen LogP contribution in [-0.2, 0) is 23.6 Å². The second-order valence-corrected chi connectivity index (χ2v) is 6.77. The predicted molar refractivity (Wildman–Crippen MR) is 73.7 cm³/mol. The van der Waals surface area contributed by atoms with Crippen molar-refractivity contribution >= 4 is 15.8 Å². The molecule has 0 radical (unpaired) electrons. The monoisotopic (exact) mass is 306 g/mol. The van der Waals surface area contributed by atoms with Crippen molar-refractivity contribution in [3.63, 3.8) is 0 Å². The Morgan fingerprint density at radius 1 is 1.43 bits per heavy atom. The SMILES string of the molecule is Cn1ncc(C#N)c1NS(=O)(=O)c1cnn(CC2CC2)c1. The minimum absolute atomic E-state index is 0.0771. The van der Waals surface area contributed by atoms with Gasteiger partial charge in [0.1, 0.15) is 16.5 Å². The zero-order valence-electron chi connectivity index (χ0n) is 11.4. The summed E-state index contributed by atoms with van der Waals surface area (Å²) in [6, 6.07) is 1.90. The van der Waals surface area contributed by atoms with Crippen LogP contribution in [0.5, 0.6) is 0 Å². The largest absolute Gasteiger partial charge is 0.271 e. The minimum atomic E-state index is -3.78. The smallest absolute Gasteiger partial charge is 0.266 e. The average Bonchev–Trinajstić information content (AvgIpc) is 2.99. The van der Waals surface area contributed by atoms with Gasteiger partial charge in [0.05, 0.1) is 12.4 Å². The van der Waals surface area contributed by atoms with Crippen LogP contribution in [0.1, 0.15) is 18.4 Å². The van der Waals surface area contributed by atoms with E-state index < -0.39 is 10.0 Å². The molecule has 2 aromatic heterocycles. The fraction of sp³-hybridized carbons (Fsp3) is 0.417. The Labute approximate surface area is 122 Å². The maximum atomic E-state index is 12.3. The molecular weight excluding hydrogens is 292 g/mol. The van der Waals surface area contributed by atoms with E-state index in [2.05, 4.69) is 14.9 Å². The van der Waals surface area contributed by atoms with Crippen molar-refractivity contribution in [1.82, 2.24) is 19.6 Å². The van der Waals surface area contributed by atoms with E-state index in [0.717, 1.165) is 6.54 Å². The van der Waals surface area contributed by atoms with Gasteiger partial charge in [-0.2, -0.15) is 15.5 Å². The summed E-state index contributed by atoms with van der Waals surface area (Å²) in [4.78, 5) is 0.0771. The first-order valence-corrected chi connectivity index (χ1v) is 7.95. The summed E-state index contributed by atoms with van der Waals surface area (Å²) >= 11 is 0. The van der Waals surface area contributed by atoms with Gasteiger partial charge in [-0.1, -0.05) is 0 Å². The van der Waals surface area contributed by atoms with Gasteiger partial charge in [-0.25, -0.2) is 8.42 Å². The van der Waals surface area contributed by atoms with E-state index in [9.17, 15) is 8.42 Å². The highest BCUT2D eigenvalue weighted by Gasteiger charge is 2.24. The molecule has 0 aliphatic heterocycles. The number of aromatic nitrogens is 4. The Morgan fingerprint density at radius 2 is 2.19 bits per heavy atom. The minimum Gasteiger partial charge on any atom is -0.271 e. The predicted octanol–water partition coefficient (Wildman–Crippen LogP) is 0.699. The molecule has 1 aliphatic rings. The third kappa shape index (κ3) is 2.75. The average molecular weight is 306 g/mol. The Kier molecular flexibility index (Phi) is 3.17. The number of nitriles is 1. The molecule has 0 atom stereocenters. The standard InChI is InChI=1S/C12H14N6O2S/c1-17-12(10(4-13)5-14-17)16-21(19,20)11-6-15-18(8-11)7-9-2-3-9/h5-6,8-9,16H,2-3,7H2,1H3. The van der Waals surface area contributed by atoms with E-state index in [-0.39, 0.29) is 16.3 Å². The van der Waals surface area contributed by atoms with Crippen molar-refractivity contribution in [2.75, 3.05) is 4.72 Å². The maximum absolute atomic E-state index is 12.3. The van der Waals surface area contributed by atoms with Crippen LogP contribution in [-0.4, -0.2) is 28.0 Å². The Bertz CT molecular complexity index is 809. The van der Waals surface area contributed by atoms with Crippen LogP contribution in [0.3, 0.4) is 0 Å². The lowest BCUT2D eigenvalue weighted by Gasteiger charge is -2.06. The molecule has 1 aliphatic carbocycles. The van der Waals surface area contributed by atoms with Gasteiger partial charge in [0.25, 0.3) is 10.0 Å². The van der Waals surface area contributed by atoms with Crippen molar-refractivity contribution in [3.05, 3.63) is 24.2 Å². The summed E-state index contributed by atoms with van der Waals surface area (Å²) in [5.41, 5.74) is 0.173. The summed E-state index contributed by atoms with van der Waals surface area (Å²) in [6.07, 6.45) is 6.46. The first-order chi connectivity index (χ1) is 9.99. The zero-order chi connectivity index (χ0) is 15.0. The first-order valence-electron chi connectivity index (χ1n) is 6.47. The molecule has 0 unspecified atom stereocenters. The summed E-state index contributed by atoms with van der Waals surface area (Å²) in [7, 11) is -2.21. The van der Waals surface area contributed by atoms with Gasteiger partial charge in [0.15, 0.2) is 5.82 Å². The molecule has 0 saturated heterocycles. The van der Waals surface area contributed by atoms with Crippen LogP contribution in [0, 0.1) is 17.2 Å². The third-order valence-electron chi connectivity index (χ3n) is 3.35. The number of rotatable bonds is 5. The normalized spacial score (nSPS) is 14.9. The van der Waals surface area contributed by atoms with Crippen LogP contribution in [0.4, 0.5) is 5.82 Å². The topological polar surface area (TPSA) is 106 Å². The van der Waals surface area contributed by atoms with Crippen LogP contribution in [0.2, 0.25) is 0 Å². The lowest BCUT2D eigenvalue weighted by molar-refractivity contribution is 0.561. The molecule has 9 heteroatoms. The molecule has 2 aromatic rings. The van der Waals surface area contributed by atoms with Gasteiger partial charge in [0.2, 0.25) is 0 Å². The van der Waals surface area contributed by atoms with Gasteiger partial charge < -0.3 is 0 Å². The highest BCUT2D eigenvalue weighted by Crippen LogP contribution is 2.30. The molecule has 1 saturated carbocycles. The Hall–Kier alpha value is -2.34.